The van der Waals surface area contributed by atoms with Gasteiger partial charge in [-0.3, -0.25) is 4.68 Å². The molecule has 1 unspecified atom stereocenters. The summed E-state index contributed by atoms with van der Waals surface area (Å²) in [6, 6.07) is 1.11. The van der Waals surface area contributed by atoms with Crippen LogP contribution in [0.4, 0.5) is 0 Å². The maximum atomic E-state index is 4.54. The quantitative estimate of drug-likeness (QED) is 0.880. The highest BCUT2D eigenvalue weighted by molar-refractivity contribution is 5.27. The first kappa shape index (κ1) is 15.6. The van der Waals surface area contributed by atoms with Crippen molar-refractivity contribution >= 4 is 0 Å². The van der Waals surface area contributed by atoms with E-state index in [4.69, 9.17) is 0 Å². The molecule has 114 valence electrons. The van der Waals surface area contributed by atoms with Gasteiger partial charge in [-0.05, 0) is 52.4 Å². The lowest BCUT2D eigenvalue weighted by atomic mass is 9.83. The number of nitrogens with one attached hydrogen (secondary N) is 1. The molecule has 1 saturated carbocycles. The molecule has 0 bridgehead atoms. The van der Waals surface area contributed by atoms with Gasteiger partial charge in [0.25, 0.3) is 0 Å². The molecule has 3 nitrogen and oxygen atoms in total. The first-order valence-corrected chi connectivity index (χ1v) is 8.29. The molecule has 1 aromatic heterocycles. The monoisotopic (exact) mass is 277 g/mol. The molecule has 0 aromatic carbocycles. The van der Waals surface area contributed by atoms with Gasteiger partial charge in [-0.1, -0.05) is 19.8 Å². The molecule has 1 atom stereocenters. The van der Waals surface area contributed by atoms with E-state index in [2.05, 4.69) is 38.1 Å². The standard InChI is InChI=1S/C17H31N3/c1-6-7-15-8-10-16(11-9-15)18-12(2)17-13(3)19-20(5)14(17)4/h12,15-16,18H,6-11H2,1-5H3. The van der Waals surface area contributed by atoms with Gasteiger partial charge in [-0.25, -0.2) is 0 Å². The van der Waals surface area contributed by atoms with Gasteiger partial charge in [0.05, 0.1) is 5.69 Å². The predicted octanol–water partition coefficient (Wildman–Crippen LogP) is 4.05. The molecule has 0 aliphatic heterocycles. The maximum Gasteiger partial charge on any atom is 0.0644 e. The van der Waals surface area contributed by atoms with Gasteiger partial charge < -0.3 is 5.32 Å². The van der Waals surface area contributed by atoms with Crippen LogP contribution in [0.2, 0.25) is 0 Å². The van der Waals surface area contributed by atoms with Crippen LogP contribution in [0.1, 0.15) is 75.4 Å². The Kier molecular flexibility index (Phi) is 5.25. The van der Waals surface area contributed by atoms with Crippen molar-refractivity contribution in [3.8, 4) is 0 Å². The van der Waals surface area contributed by atoms with Crippen LogP contribution in [0.15, 0.2) is 0 Å². The van der Waals surface area contributed by atoms with Gasteiger partial charge >= 0.3 is 0 Å². The van der Waals surface area contributed by atoms with Gasteiger partial charge in [0.1, 0.15) is 0 Å². The second-order valence-corrected chi connectivity index (χ2v) is 6.60. The molecule has 1 aromatic rings. The summed E-state index contributed by atoms with van der Waals surface area (Å²) in [5.41, 5.74) is 3.86. The van der Waals surface area contributed by atoms with E-state index in [0.29, 0.717) is 12.1 Å². The number of rotatable bonds is 5. The van der Waals surface area contributed by atoms with E-state index in [9.17, 15) is 0 Å². The summed E-state index contributed by atoms with van der Waals surface area (Å²) in [7, 11) is 2.04. The Morgan fingerprint density at radius 2 is 1.90 bits per heavy atom. The molecule has 0 saturated heterocycles. The zero-order valence-corrected chi connectivity index (χ0v) is 13.9. The molecule has 0 spiro atoms. The van der Waals surface area contributed by atoms with Gasteiger partial charge in [0, 0.05) is 30.4 Å². The highest BCUT2D eigenvalue weighted by atomic mass is 15.3. The molecule has 1 heterocycles. The summed E-state index contributed by atoms with van der Waals surface area (Å²) in [6.07, 6.45) is 8.25. The summed E-state index contributed by atoms with van der Waals surface area (Å²) in [6.45, 7) is 8.89. The van der Waals surface area contributed by atoms with Crippen LogP contribution >= 0.6 is 0 Å². The number of aromatic nitrogens is 2. The van der Waals surface area contributed by atoms with E-state index in [1.54, 1.807) is 0 Å². The second-order valence-electron chi connectivity index (χ2n) is 6.60. The average molecular weight is 277 g/mol. The minimum Gasteiger partial charge on any atom is -0.307 e. The molecular weight excluding hydrogens is 246 g/mol. The fourth-order valence-corrected chi connectivity index (χ4v) is 3.88. The Bertz CT molecular complexity index is 428. The Hall–Kier alpha value is -0.830. The van der Waals surface area contributed by atoms with E-state index >= 15 is 0 Å². The third kappa shape index (κ3) is 3.43. The van der Waals surface area contributed by atoms with Crippen LogP contribution in [0.3, 0.4) is 0 Å². The molecule has 1 fully saturated rings. The van der Waals surface area contributed by atoms with Crippen LogP contribution in [-0.2, 0) is 7.05 Å². The molecule has 2 rings (SSSR count). The van der Waals surface area contributed by atoms with Crippen molar-refractivity contribution in [1.82, 2.24) is 15.1 Å². The second kappa shape index (κ2) is 6.75. The van der Waals surface area contributed by atoms with Crippen LogP contribution in [-0.4, -0.2) is 15.8 Å². The summed E-state index contributed by atoms with van der Waals surface area (Å²) in [4.78, 5) is 0. The lowest BCUT2D eigenvalue weighted by Crippen LogP contribution is -2.35. The number of hydrogen-bond donors (Lipinski definition) is 1. The van der Waals surface area contributed by atoms with Gasteiger partial charge in [-0.15, -0.1) is 0 Å². The lowest BCUT2D eigenvalue weighted by molar-refractivity contribution is 0.266. The molecule has 0 radical (unpaired) electrons. The number of nitrogens with zero attached hydrogens (tertiary/aromatic N) is 2. The highest BCUT2D eigenvalue weighted by Gasteiger charge is 2.24. The van der Waals surface area contributed by atoms with Gasteiger partial charge in [0.15, 0.2) is 0 Å². The highest BCUT2D eigenvalue weighted by Crippen LogP contribution is 2.30. The molecule has 1 N–H and O–H groups in total. The Labute approximate surface area is 124 Å². The number of hydrogen-bond acceptors (Lipinski definition) is 2. The lowest BCUT2D eigenvalue weighted by Gasteiger charge is -2.31. The number of aryl methyl sites for hydroxylation is 2. The fourth-order valence-electron chi connectivity index (χ4n) is 3.88. The zero-order chi connectivity index (χ0) is 14.7. The molecule has 20 heavy (non-hydrogen) atoms. The van der Waals surface area contributed by atoms with Gasteiger partial charge in [0.2, 0.25) is 0 Å². The maximum absolute atomic E-state index is 4.54. The predicted molar refractivity (Wildman–Crippen MR) is 84.9 cm³/mol. The normalized spacial score (nSPS) is 24.9. The van der Waals surface area contributed by atoms with E-state index in [1.807, 2.05) is 11.7 Å². The van der Waals surface area contributed by atoms with Crippen molar-refractivity contribution in [3.05, 3.63) is 17.0 Å². The minimum atomic E-state index is 0.413. The molecule has 1 aliphatic rings. The summed E-state index contributed by atoms with van der Waals surface area (Å²) < 4.78 is 2.00. The van der Waals surface area contributed by atoms with E-state index in [0.717, 1.165) is 5.92 Å². The van der Waals surface area contributed by atoms with Crippen molar-refractivity contribution in [2.75, 3.05) is 0 Å². The van der Waals surface area contributed by atoms with E-state index < -0.39 is 0 Å². The largest absolute Gasteiger partial charge is 0.307 e. The van der Waals surface area contributed by atoms with Crippen molar-refractivity contribution in [2.45, 2.75) is 78.3 Å². The Balaban J connectivity index is 1.91. The first-order valence-electron chi connectivity index (χ1n) is 8.29. The minimum absolute atomic E-state index is 0.413. The summed E-state index contributed by atoms with van der Waals surface area (Å²) in [5, 5.41) is 8.38. The molecular formula is C17H31N3. The Morgan fingerprint density at radius 3 is 2.40 bits per heavy atom. The zero-order valence-electron chi connectivity index (χ0n) is 13.9. The van der Waals surface area contributed by atoms with Crippen molar-refractivity contribution in [1.29, 1.82) is 0 Å². The topological polar surface area (TPSA) is 29.9 Å². The van der Waals surface area contributed by atoms with Crippen LogP contribution in [0.5, 0.6) is 0 Å². The molecule has 0 amide bonds. The first-order chi connectivity index (χ1) is 9.52. The SMILES string of the molecule is CCCC1CCC(NC(C)c2c(C)nn(C)c2C)CC1. The van der Waals surface area contributed by atoms with Gasteiger partial charge in [-0.2, -0.15) is 5.10 Å². The summed E-state index contributed by atoms with van der Waals surface area (Å²) >= 11 is 0. The van der Waals surface area contributed by atoms with E-state index in [1.165, 1.54) is 55.5 Å². The van der Waals surface area contributed by atoms with Crippen LogP contribution in [0, 0.1) is 19.8 Å². The summed E-state index contributed by atoms with van der Waals surface area (Å²) in [5.74, 6) is 0.982. The third-order valence-corrected chi connectivity index (χ3v) is 5.03. The molecule has 1 aliphatic carbocycles. The smallest absolute Gasteiger partial charge is 0.0644 e. The Morgan fingerprint density at radius 1 is 1.25 bits per heavy atom. The molecule has 3 heteroatoms. The van der Waals surface area contributed by atoms with Crippen molar-refractivity contribution < 1.29 is 0 Å². The van der Waals surface area contributed by atoms with E-state index in [-0.39, 0.29) is 0 Å². The van der Waals surface area contributed by atoms with Crippen molar-refractivity contribution in [3.63, 3.8) is 0 Å². The van der Waals surface area contributed by atoms with Crippen LogP contribution < -0.4 is 5.32 Å². The third-order valence-electron chi connectivity index (χ3n) is 5.03. The average Bonchev–Trinajstić information content (AvgIpc) is 2.66. The van der Waals surface area contributed by atoms with Crippen molar-refractivity contribution in [2.24, 2.45) is 13.0 Å². The fraction of sp³-hybridized carbons (Fsp3) is 0.824. The van der Waals surface area contributed by atoms with Crippen LogP contribution in [0.25, 0.3) is 0 Å².